The number of nitrogens with zero attached hydrogens (tertiary/aromatic N) is 3. The molecule has 210 valence electrons. The van der Waals surface area contributed by atoms with Crippen molar-refractivity contribution in [1.82, 2.24) is 9.21 Å². The summed E-state index contributed by atoms with van der Waals surface area (Å²) in [5.74, 6) is -1.96. The summed E-state index contributed by atoms with van der Waals surface area (Å²) in [6.45, 7) is 5.78. The van der Waals surface area contributed by atoms with E-state index in [9.17, 15) is 36.0 Å². The highest BCUT2D eigenvalue weighted by Gasteiger charge is 2.39. The van der Waals surface area contributed by atoms with Crippen LogP contribution in [-0.2, 0) is 30.6 Å². The average Bonchev–Trinajstić information content (AvgIpc) is 3.03. The number of unbranched alkanes of at least 4 members (excludes halogenated alkanes) is 3. The fourth-order valence-corrected chi connectivity index (χ4v) is 5.52. The van der Waals surface area contributed by atoms with E-state index < -0.39 is 45.2 Å². The predicted molar refractivity (Wildman–Crippen MR) is 137 cm³/mol. The van der Waals surface area contributed by atoms with E-state index >= 15 is 0 Å². The molecule has 1 aromatic carbocycles. The first kappa shape index (κ1) is 29.8. The van der Waals surface area contributed by atoms with Crippen LogP contribution in [0.15, 0.2) is 29.3 Å². The molecule has 0 saturated carbocycles. The van der Waals surface area contributed by atoms with E-state index in [0.29, 0.717) is 50.7 Å². The number of alkyl halides is 3. The highest BCUT2D eigenvalue weighted by atomic mass is 32.2. The second-order valence-electron chi connectivity index (χ2n) is 9.63. The van der Waals surface area contributed by atoms with Crippen LogP contribution in [0.3, 0.4) is 0 Å². The fourth-order valence-electron chi connectivity index (χ4n) is 4.69. The van der Waals surface area contributed by atoms with Gasteiger partial charge in [-0.2, -0.15) is 17.5 Å². The summed E-state index contributed by atoms with van der Waals surface area (Å²) in [5.41, 5.74) is -1.28. The Kier molecular flexibility index (Phi) is 9.37. The lowest BCUT2D eigenvalue weighted by molar-refractivity contribution is -0.137. The summed E-state index contributed by atoms with van der Waals surface area (Å²) in [7, 11) is -3.16. The molecule has 1 aromatic rings. The van der Waals surface area contributed by atoms with Gasteiger partial charge in [0.1, 0.15) is 0 Å². The van der Waals surface area contributed by atoms with Crippen molar-refractivity contribution in [2.75, 3.05) is 49.2 Å². The molecule has 2 aliphatic rings. The minimum Gasteiger partial charge on any atom is -0.326 e. The quantitative estimate of drug-likeness (QED) is 0.349. The van der Waals surface area contributed by atoms with E-state index in [2.05, 4.69) is 10.2 Å². The second kappa shape index (κ2) is 12.0. The Bertz CT molecular complexity index is 1220. The molecule has 3 amide bonds. The number of sulfonamides is 1. The first-order valence-electron chi connectivity index (χ1n) is 12.4. The number of benzene rings is 1. The molecule has 0 radical (unpaired) electrons. The van der Waals surface area contributed by atoms with Crippen molar-refractivity contribution in [1.29, 1.82) is 0 Å². The lowest BCUT2D eigenvalue weighted by Gasteiger charge is -2.33. The second-order valence-corrected chi connectivity index (χ2v) is 11.6. The van der Waals surface area contributed by atoms with Gasteiger partial charge in [0.05, 0.1) is 23.2 Å². The van der Waals surface area contributed by atoms with Gasteiger partial charge in [-0.25, -0.2) is 13.3 Å². The molecule has 1 saturated heterocycles. The standard InChI is InChI=1S/C25H33F3N4O5S/c1-17-20(8-6-4-5-7-11-30-12-14-31(15-13-30)38(3,36)37)24(35)32(23(17)34)19-9-10-22(29-18(2)33)21(16-19)25(26,27)28/h9-10,16H,4-8,11-15H2,1-3H3,(H,29,33). The van der Waals surface area contributed by atoms with E-state index in [1.165, 1.54) is 23.6 Å². The number of piperazine rings is 1. The number of rotatable bonds is 10. The van der Waals surface area contributed by atoms with Gasteiger partial charge in [0, 0.05) is 44.2 Å². The van der Waals surface area contributed by atoms with Crippen LogP contribution < -0.4 is 10.2 Å². The zero-order chi connectivity index (χ0) is 28.3. The number of carbonyl (C=O) groups is 3. The fraction of sp³-hybridized carbons (Fsp3) is 0.560. The molecule has 1 N–H and O–H groups in total. The molecule has 13 heteroatoms. The molecular formula is C25H33F3N4O5S. The summed E-state index contributed by atoms with van der Waals surface area (Å²) < 4.78 is 65.4. The molecule has 2 aliphatic heterocycles. The van der Waals surface area contributed by atoms with Gasteiger partial charge in [0.25, 0.3) is 11.8 Å². The Morgan fingerprint density at radius 3 is 2.21 bits per heavy atom. The molecule has 9 nitrogen and oxygen atoms in total. The van der Waals surface area contributed by atoms with Crippen LogP contribution in [0.5, 0.6) is 0 Å². The Labute approximate surface area is 220 Å². The van der Waals surface area contributed by atoms with Crippen molar-refractivity contribution in [3.8, 4) is 0 Å². The van der Waals surface area contributed by atoms with Crippen molar-refractivity contribution in [3.63, 3.8) is 0 Å². The number of halogens is 3. The van der Waals surface area contributed by atoms with E-state index in [0.717, 1.165) is 43.7 Å². The maximum Gasteiger partial charge on any atom is 0.418 e. The molecule has 0 atom stereocenters. The Morgan fingerprint density at radius 2 is 1.63 bits per heavy atom. The number of hydrogen-bond acceptors (Lipinski definition) is 6. The average molecular weight is 559 g/mol. The van der Waals surface area contributed by atoms with Crippen molar-refractivity contribution in [2.24, 2.45) is 0 Å². The van der Waals surface area contributed by atoms with E-state index in [1.807, 2.05) is 0 Å². The summed E-state index contributed by atoms with van der Waals surface area (Å²) in [6, 6.07) is 2.95. The topological polar surface area (TPSA) is 107 Å². The van der Waals surface area contributed by atoms with Crippen LogP contribution in [0, 0.1) is 0 Å². The predicted octanol–water partition coefficient (Wildman–Crippen LogP) is 3.38. The maximum atomic E-state index is 13.6. The minimum absolute atomic E-state index is 0.202. The minimum atomic E-state index is -4.80. The van der Waals surface area contributed by atoms with Crippen molar-refractivity contribution < 1.29 is 36.0 Å². The highest BCUT2D eigenvalue weighted by Crippen LogP contribution is 2.39. The van der Waals surface area contributed by atoms with Gasteiger partial charge >= 0.3 is 6.18 Å². The largest absolute Gasteiger partial charge is 0.418 e. The number of hydrogen-bond donors (Lipinski definition) is 1. The molecular weight excluding hydrogens is 525 g/mol. The van der Waals surface area contributed by atoms with Gasteiger partial charge in [-0.3, -0.25) is 14.4 Å². The van der Waals surface area contributed by atoms with Crippen LogP contribution in [0.1, 0.15) is 51.5 Å². The van der Waals surface area contributed by atoms with Crippen LogP contribution >= 0.6 is 0 Å². The summed E-state index contributed by atoms with van der Waals surface area (Å²) >= 11 is 0. The molecule has 1 fully saturated rings. The van der Waals surface area contributed by atoms with Gasteiger partial charge in [-0.05, 0) is 50.9 Å². The smallest absolute Gasteiger partial charge is 0.326 e. The Hall–Kier alpha value is -2.77. The van der Waals surface area contributed by atoms with Crippen LogP contribution in [0.25, 0.3) is 0 Å². The van der Waals surface area contributed by atoms with E-state index in [4.69, 9.17) is 0 Å². The monoisotopic (exact) mass is 558 g/mol. The number of amides is 3. The van der Waals surface area contributed by atoms with Crippen LogP contribution in [0.4, 0.5) is 24.5 Å². The van der Waals surface area contributed by atoms with Gasteiger partial charge < -0.3 is 10.2 Å². The number of nitrogens with one attached hydrogen (secondary N) is 1. The highest BCUT2D eigenvalue weighted by molar-refractivity contribution is 7.88. The lowest BCUT2D eigenvalue weighted by atomic mass is 10.0. The maximum absolute atomic E-state index is 13.6. The zero-order valence-corrected chi connectivity index (χ0v) is 22.5. The molecule has 0 aliphatic carbocycles. The Balaban J connectivity index is 1.52. The summed E-state index contributed by atoms with van der Waals surface area (Å²) in [4.78, 5) is 40.1. The molecule has 38 heavy (non-hydrogen) atoms. The molecule has 0 bridgehead atoms. The third-order valence-corrected chi connectivity index (χ3v) is 8.07. The molecule has 0 unspecified atom stereocenters. The van der Waals surface area contributed by atoms with Gasteiger partial charge in [-0.15, -0.1) is 0 Å². The first-order chi connectivity index (χ1) is 17.7. The summed E-state index contributed by atoms with van der Waals surface area (Å²) in [5, 5.41) is 2.12. The molecule has 2 heterocycles. The normalized spacial score (nSPS) is 18.0. The zero-order valence-electron chi connectivity index (χ0n) is 21.7. The third-order valence-electron chi connectivity index (χ3n) is 6.77. The van der Waals surface area contributed by atoms with Crippen LogP contribution in [0.2, 0.25) is 0 Å². The van der Waals surface area contributed by atoms with E-state index in [1.54, 1.807) is 0 Å². The van der Waals surface area contributed by atoms with E-state index in [-0.39, 0.29) is 11.3 Å². The van der Waals surface area contributed by atoms with Gasteiger partial charge in [-0.1, -0.05) is 12.8 Å². The number of imide groups is 1. The SMILES string of the molecule is CC(=O)Nc1ccc(N2C(=O)C(C)=C(CCCCCCN3CCN(S(C)(=O)=O)CC3)C2=O)cc1C(F)(F)F. The summed E-state index contributed by atoms with van der Waals surface area (Å²) in [6.07, 6.45) is 0.0240. The van der Waals surface area contributed by atoms with Crippen molar-refractivity contribution >= 4 is 39.1 Å². The van der Waals surface area contributed by atoms with Crippen LogP contribution in [-0.4, -0.2) is 74.3 Å². The molecule has 3 rings (SSSR count). The van der Waals surface area contributed by atoms with Crippen molar-refractivity contribution in [2.45, 2.75) is 52.1 Å². The number of anilines is 2. The third kappa shape index (κ3) is 7.20. The first-order valence-corrected chi connectivity index (χ1v) is 14.3. The number of carbonyl (C=O) groups excluding carboxylic acids is 3. The molecule has 0 spiro atoms. The Morgan fingerprint density at radius 1 is 1.00 bits per heavy atom. The van der Waals surface area contributed by atoms with Crippen molar-refractivity contribution in [3.05, 3.63) is 34.9 Å². The lowest BCUT2D eigenvalue weighted by Crippen LogP contribution is -2.48. The molecule has 0 aromatic heterocycles. The van der Waals surface area contributed by atoms with Gasteiger partial charge in [0.15, 0.2) is 0 Å². The van der Waals surface area contributed by atoms with Gasteiger partial charge in [0.2, 0.25) is 15.9 Å².